The number of sulfone groups is 1. The van der Waals surface area contributed by atoms with Crippen molar-refractivity contribution in [2.75, 3.05) is 11.5 Å². The summed E-state index contributed by atoms with van der Waals surface area (Å²) < 4.78 is 27.5. The van der Waals surface area contributed by atoms with Gasteiger partial charge < -0.3 is 9.52 Å². The Balaban J connectivity index is 2.11. The maximum absolute atomic E-state index is 11.2. The largest absolute Gasteiger partial charge is 0.481 e. The molecule has 0 aromatic carbocycles. The van der Waals surface area contributed by atoms with Crippen LogP contribution in [-0.2, 0) is 21.1 Å². The summed E-state index contributed by atoms with van der Waals surface area (Å²) in [6, 6.07) is 0. The highest BCUT2D eigenvalue weighted by Gasteiger charge is 2.31. The maximum Gasteiger partial charge on any atom is 0.312 e. The topological polar surface area (TPSA) is 97.5 Å². The molecular formula is C9H11NO5S. The van der Waals surface area contributed by atoms with Gasteiger partial charge in [0, 0.05) is 5.92 Å². The minimum Gasteiger partial charge on any atom is -0.481 e. The molecule has 1 unspecified atom stereocenters. The fourth-order valence-corrected chi connectivity index (χ4v) is 3.51. The molecule has 16 heavy (non-hydrogen) atoms. The van der Waals surface area contributed by atoms with Crippen molar-refractivity contribution in [1.82, 2.24) is 4.98 Å². The van der Waals surface area contributed by atoms with Crippen molar-refractivity contribution in [2.24, 2.45) is 0 Å². The quantitative estimate of drug-likeness (QED) is 0.817. The number of hydrogen-bond donors (Lipinski definition) is 1. The van der Waals surface area contributed by atoms with E-state index in [1.807, 2.05) is 0 Å². The Bertz CT molecular complexity index is 504. The molecule has 7 heteroatoms. The number of carboxylic acids is 1. The summed E-state index contributed by atoms with van der Waals surface area (Å²) >= 11 is 0. The Morgan fingerprint density at radius 1 is 1.62 bits per heavy atom. The first-order valence-corrected chi connectivity index (χ1v) is 6.65. The van der Waals surface area contributed by atoms with Gasteiger partial charge in [-0.1, -0.05) is 0 Å². The van der Waals surface area contributed by atoms with E-state index in [2.05, 4.69) is 4.98 Å². The van der Waals surface area contributed by atoms with Crippen molar-refractivity contribution >= 4 is 15.8 Å². The maximum atomic E-state index is 11.2. The highest BCUT2D eigenvalue weighted by Crippen LogP contribution is 2.28. The summed E-state index contributed by atoms with van der Waals surface area (Å²) in [5.41, 5.74) is 0.539. The summed E-state index contributed by atoms with van der Waals surface area (Å²) in [7, 11) is -2.96. The number of carboxylic acid groups (broad SMARTS) is 1. The fraction of sp³-hybridized carbons (Fsp3) is 0.556. The highest BCUT2D eigenvalue weighted by molar-refractivity contribution is 7.91. The molecule has 1 saturated heterocycles. The fourth-order valence-electron chi connectivity index (χ4n) is 1.75. The van der Waals surface area contributed by atoms with Crippen LogP contribution in [0.2, 0.25) is 0 Å². The number of aromatic nitrogens is 1. The van der Waals surface area contributed by atoms with E-state index in [9.17, 15) is 13.2 Å². The van der Waals surface area contributed by atoms with E-state index >= 15 is 0 Å². The third kappa shape index (κ3) is 2.41. The molecule has 88 valence electrons. The number of nitrogens with zero attached hydrogens (tertiary/aromatic N) is 1. The van der Waals surface area contributed by atoms with Crippen molar-refractivity contribution in [3.8, 4) is 0 Å². The van der Waals surface area contributed by atoms with Crippen LogP contribution in [0, 0.1) is 0 Å². The van der Waals surface area contributed by atoms with Gasteiger partial charge in [-0.3, -0.25) is 4.79 Å². The number of carbonyl (C=O) groups is 1. The first-order valence-electron chi connectivity index (χ1n) is 4.83. The normalized spacial score (nSPS) is 23.4. The lowest BCUT2D eigenvalue weighted by Gasteiger charge is -1.99. The molecule has 1 aromatic rings. The summed E-state index contributed by atoms with van der Waals surface area (Å²) in [4.78, 5) is 14.4. The van der Waals surface area contributed by atoms with E-state index in [1.54, 1.807) is 0 Å². The minimum atomic E-state index is -2.96. The molecule has 0 bridgehead atoms. The van der Waals surface area contributed by atoms with Gasteiger partial charge in [0.2, 0.25) is 5.89 Å². The third-order valence-electron chi connectivity index (χ3n) is 2.52. The lowest BCUT2D eigenvalue weighted by Crippen LogP contribution is -2.05. The van der Waals surface area contributed by atoms with Crippen molar-refractivity contribution < 1.29 is 22.7 Å². The average molecular weight is 245 g/mol. The molecule has 0 amide bonds. The van der Waals surface area contributed by atoms with Gasteiger partial charge in [-0.15, -0.1) is 0 Å². The Morgan fingerprint density at radius 2 is 2.38 bits per heavy atom. The molecule has 2 rings (SSSR count). The number of hydrogen-bond acceptors (Lipinski definition) is 5. The van der Waals surface area contributed by atoms with E-state index in [-0.39, 0.29) is 29.7 Å². The Kier molecular flexibility index (Phi) is 2.71. The van der Waals surface area contributed by atoms with Crippen LogP contribution in [0.4, 0.5) is 0 Å². The first-order chi connectivity index (χ1) is 7.46. The Morgan fingerprint density at radius 3 is 2.94 bits per heavy atom. The average Bonchev–Trinajstić information content (AvgIpc) is 2.71. The molecule has 1 fully saturated rings. The van der Waals surface area contributed by atoms with Gasteiger partial charge in [0.1, 0.15) is 12.7 Å². The summed E-state index contributed by atoms with van der Waals surface area (Å²) in [6.07, 6.45) is 1.60. The lowest BCUT2D eigenvalue weighted by atomic mass is 10.1. The van der Waals surface area contributed by atoms with Crippen LogP contribution in [-0.4, -0.2) is 36.0 Å². The van der Waals surface area contributed by atoms with Crippen molar-refractivity contribution in [1.29, 1.82) is 0 Å². The number of aliphatic carboxylic acids is 1. The third-order valence-corrected chi connectivity index (χ3v) is 4.29. The van der Waals surface area contributed by atoms with Gasteiger partial charge in [0.05, 0.1) is 17.2 Å². The van der Waals surface area contributed by atoms with Gasteiger partial charge in [0.25, 0.3) is 0 Å². The van der Waals surface area contributed by atoms with Gasteiger partial charge in [0.15, 0.2) is 9.84 Å². The zero-order valence-electron chi connectivity index (χ0n) is 8.42. The standard InChI is InChI=1S/C9H11NO5S/c11-9(12)3-8-10-7(4-15-8)6-1-2-16(13,14)5-6/h4,6H,1-3,5H2,(H,11,12). The smallest absolute Gasteiger partial charge is 0.312 e. The Hall–Kier alpha value is -1.37. The minimum absolute atomic E-state index is 0.0754. The second kappa shape index (κ2) is 3.89. The Labute approximate surface area is 92.2 Å². The van der Waals surface area contributed by atoms with E-state index in [1.165, 1.54) is 6.26 Å². The predicted molar refractivity (Wildman–Crippen MR) is 53.9 cm³/mol. The van der Waals surface area contributed by atoms with Crippen LogP contribution in [0.5, 0.6) is 0 Å². The van der Waals surface area contributed by atoms with E-state index in [0.717, 1.165) is 0 Å². The monoisotopic (exact) mass is 245 g/mol. The van der Waals surface area contributed by atoms with Gasteiger partial charge in [-0.05, 0) is 6.42 Å². The van der Waals surface area contributed by atoms with E-state index < -0.39 is 15.8 Å². The van der Waals surface area contributed by atoms with Crippen LogP contribution >= 0.6 is 0 Å². The lowest BCUT2D eigenvalue weighted by molar-refractivity contribution is -0.136. The molecule has 6 nitrogen and oxygen atoms in total. The number of oxazole rings is 1. The zero-order valence-corrected chi connectivity index (χ0v) is 9.24. The number of rotatable bonds is 3. The van der Waals surface area contributed by atoms with Crippen molar-refractivity contribution in [2.45, 2.75) is 18.8 Å². The van der Waals surface area contributed by atoms with Gasteiger partial charge in [-0.25, -0.2) is 13.4 Å². The summed E-state index contributed by atoms with van der Waals surface area (Å²) in [6.45, 7) is 0. The van der Waals surface area contributed by atoms with E-state index in [4.69, 9.17) is 9.52 Å². The van der Waals surface area contributed by atoms with E-state index in [0.29, 0.717) is 12.1 Å². The molecular weight excluding hydrogens is 234 g/mol. The summed E-state index contributed by atoms with van der Waals surface area (Å²) in [5.74, 6) is -0.819. The molecule has 0 saturated carbocycles. The van der Waals surface area contributed by atoms with Crippen molar-refractivity contribution in [3.63, 3.8) is 0 Å². The second-order valence-corrected chi connectivity index (χ2v) is 6.07. The van der Waals surface area contributed by atoms with Crippen LogP contribution in [0.15, 0.2) is 10.7 Å². The SMILES string of the molecule is O=C(O)Cc1nc(C2CCS(=O)(=O)C2)co1. The second-order valence-electron chi connectivity index (χ2n) is 3.84. The first kappa shape index (κ1) is 11.1. The van der Waals surface area contributed by atoms with Crippen LogP contribution < -0.4 is 0 Å². The molecule has 0 aliphatic carbocycles. The van der Waals surface area contributed by atoms with Gasteiger partial charge >= 0.3 is 5.97 Å². The van der Waals surface area contributed by atoms with Crippen LogP contribution in [0.1, 0.15) is 23.9 Å². The van der Waals surface area contributed by atoms with Crippen molar-refractivity contribution in [3.05, 3.63) is 17.8 Å². The molecule has 1 aliphatic heterocycles. The molecule has 0 radical (unpaired) electrons. The highest BCUT2D eigenvalue weighted by atomic mass is 32.2. The molecule has 1 N–H and O–H groups in total. The van der Waals surface area contributed by atoms with Crippen LogP contribution in [0.25, 0.3) is 0 Å². The molecule has 1 aromatic heterocycles. The molecule has 2 heterocycles. The zero-order chi connectivity index (χ0) is 11.8. The van der Waals surface area contributed by atoms with Crippen LogP contribution in [0.3, 0.4) is 0 Å². The summed E-state index contributed by atoms with van der Waals surface area (Å²) in [5, 5.41) is 8.53. The predicted octanol–water partition coefficient (Wildman–Crippen LogP) is 0.204. The molecule has 0 spiro atoms. The molecule has 1 atom stereocenters. The molecule has 1 aliphatic rings. The van der Waals surface area contributed by atoms with Gasteiger partial charge in [-0.2, -0.15) is 0 Å².